The van der Waals surface area contributed by atoms with Gasteiger partial charge in [-0.1, -0.05) is 0 Å². The van der Waals surface area contributed by atoms with Gasteiger partial charge in [-0.2, -0.15) is 0 Å². The van der Waals surface area contributed by atoms with Crippen LogP contribution in [0.5, 0.6) is 5.75 Å². The van der Waals surface area contributed by atoms with Gasteiger partial charge in [0.2, 0.25) is 10.0 Å². The molecule has 7 heteroatoms. The standard InChI is InChI=1S/C15H23NO5S/c1-12(15-4-3-9-21-15)16-22(17,18)14-7-5-13(6-8-14)20-11-10-19-2/h5-8,12,15-16H,3-4,9-11H2,1-2H3/t12-,15+/m1/s1. The van der Waals surface area contributed by atoms with Gasteiger partial charge in [0.25, 0.3) is 0 Å². The van der Waals surface area contributed by atoms with Crippen molar-refractivity contribution in [3.05, 3.63) is 24.3 Å². The zero-order valence-electron chi connectivity index (χ0n) is 12.9. The molecule has 2 atom stereocenters. The molecule has 6 nitrogen and oxygen atoms in total. The third kappa shape index (κ3) is 4.67. The molecule has 0 unspecified atom stereocenters. The van der Waals surface area contributed by atoms with Gasteiger partial charge in [0.15, 0.2) is 0 Å². The van der Waals surface area contributed by atoms with Gasteiger partial charge in [-0.25, -0.2) is 13.1 Å². The Morgan fingerprint density at radius 3 is 2.64 bits per heavy atom. The highest BCUT2D eigenvalue weighted by Gasteiger charge is 2.26. The number of sulfonamides is 1. The normalized spacial score (nSPS) is 20.0. The van der Waals surface area contributed by atoms with Crippen LogP contribution in [0.1, 0.15) is 19.8 Å². The van der Waals surface area contributed by atoms with Crippen LogP contribution in [0.4, 0.5) is 0 Å². The molecule has 1 aromatic carbocycles. The van der Waals surface area contributed by atoms with E-state index < -0.39 is 10.0 Å². The summed E-state index contributed by atoms with van der Waals surface area (Å²) in [5, 5.41) is 0. The van der Waals surface area contributed by atoms with Crippen molar-refractivity contribution in [2.45, 2.75) is 36.8 Å². The first kappa shape index (κ1) is 17.2. The number of hydrogen-bond acceptors (Lipinski definition) is 5. The minimum atomic E-state index is -3.55. The lowest BCUT2D eigenvalue weighted by atomic mass is 10.1. The number of rotatable bonds is 8. The minimum Gasteiger partial charge on any atom is -0.491 e. The lowest BCUT2D eigenvalue weighted by Crippen LogP contribution is -2.40. The van der Waals surface area contributed by atoms with E-state index in [9.17, 15) is 8.42 Å². The molecule has 2 rings (SSSR count). The van der Waals surface area contributed by atoms with Gasteiger partial charge in [0.1, 0.15) is 12.4 Å². The third-order valence-electron chi connectivity index (χ3n) is 3.55. The Balaban J connectivity index is 1.96. The Kier molecular flexibility index (Phi) is 6.19. The van der Waals surface area contributed by atoms with Gasteiger partial charge in [-0.3, -0.25) is 0 Å². The molecule has 0 aliphatic carbocycles. The summed E-state index contributed by atoms with van der Waals surface area (Å²) in [6, 6.07) is 6.10. The van der Waals surface area contributed by atoms with Gasteiger partial charge in [0, 0.05) is 19.8 Å². The third-order valence-corrected chi connectivity index (χ3v) is 5.13. The second kappa shape index (κ2) is 7.92. The highest BCUT2D eigenvalue weighted by atomic mass is 32.2. The zero-order valence-corrected chi connectivity index (χ0v) is 13.8. The van der Waals surface area contributed by atoms with Crippen molar-refractivity contribution in [1.82, 2.24) is 4.72 Å². The van der Waals surface area contributed by atoms with Gasteiger partial charge >= 0.3 is 0 Å². The molecule has 1 aliphatic rings. The minimum absolute atomic E-state index is 0.0496. The van der Waals surface area contributed by atoms with Crippen LogP contribution in [-0.2, 0) is 19.5 Å². The summed E-state index contributed by atoms with van der Waals surface area (Å²) in [5.41, 5.74) is 0. The lowest BCUT2D eigenvalue weighted by molar-refractivity contribution is 0.0902. The van der Waals surface area contributed by atoms with E-state index in [0.717, 1.165) is 12.8 Å². The van der Waals surface area contributed by atoms with Crippen LogP contribution >= 0.6 is 0 Å². The Morgan fingerprint density at radius 1 is 1.32 bits per heavy atom. The molecule has 0 bridgehead atoms. The molecule has 0 aromatic heterocycles. The summed E-state index contributed by atoms with van der Waals surface area (Å²) in [7, 11) is -1.95. The smallest absolute Gasteiger partial charge is 0.240 e. The second-order valence-electron chi connectivity index (χ2n) is 5.27. The van der Waals surface area contributed by atoms with E-state index in [1.54, 1.807) is 19.2 Å². The maximum atomic E-state index is 12.3. The number of nitrogens with one attached hydrogen (secondary N) is 1. The molecule has 22 heavy (non-hydrogen) atoms. The number of benzene rings is 1. The molecule has 1 N–H and O–H groups in total. The van der Waals surface area contributed by atoms with Gasteiger partial charge in [-0.15, -0.1) is 0 Å². The average Bonchev–Trinajstić information content (AvgIpc) is 3.02. The monoisotopic (exact) mass is 329 g/mol. The predicted molar refractivity (Wildman–Crippen MR) is 82.6 cm³/mol. The summed E-state index contributed by atoms with van der Waals surface area (Å²) in [5.74, 6) is 0.614. The summed E-state index contributed by atoms with van der Waals surface area (Å²) < 4.78 is 43.2. The first-order chi connectivity index (χ1) is 10.5. The fourth-order valence-corrected chi connectivity index (χ4v) is 3.62. The van der Waals surface area contributed by atoms with E-state index in [4.69, 9.17) is 14.2 Å². The first-order valence-electron chi connectivity index (χ1n) is 7.38. The quantitative estimate of drug-likeness (QED) is 0.733. The molecule has 1 saturated heterocycles. The SMILES string of the molecule is COCCOc1ccc(S(=O)(=O)N[C@H](C)[C@@H]2CCCO2)cc1. The Morgan fingerprint density at radius 2 is 2.05 bits per heavy atom. The molecule has 0 radical (unpaired) electrons. The average molecular weight is 329 g/mol. The van der Waals surface area contributed by atoms with E-state index in [-0.39, 0.29) is 17.0 Å². The fraction of sp³-hybridized carbons (Fsp3) is 0.600. The fourth-order valence-electron chi connectivity index (χ4n) is 2.34. The van der Waals surface area contributed by atoms with Crippen LogP contribution in [0.2, 0.25) is 0 Å². The molecule has 124 valence electrons. The Bertz CT molecular complexity index is 552. The summed E-state index contributed by atoms with van der Waals surface area (Å²) in [4.78, 5) is 0.219. The molecule has 0 spiro atoms. The molecule has 1 aromatic rings. The van der Waals surface area contributed by atoms with Crippen LogP contribution in [0.15, 0.2) is 29.2 Å². The molecular weight excluding hydrogens is 306 g/mol. The van der Waals surface area contributed by atoms with E-state index in [1.165, 1.54) is 12.1 Å². The first-order valence-corrected chi connectivity index (χ1v) is 8.87. The highest BCUT2D eigenvalue weighted by molar-refractivity contribution is 7.89. The van der Waals surface area contributed by atoms with Crippen LogP contribution in [0, 0.1) is 0 Å². The number of hydrogen-bond donors (Lipinski definition) is 1. The van der Waals surface area contributed by atoms with Gasteiger partial charge in [0.05, 0.1) is 17.6 Å². The molecule has 0 saturated carbocycles. The second-order valence-corrected chi connectivity index (χ2v) is 6.99. The number of ether oxygens (including phenoxy) is 3. The molecular formula is C15H23NO5S. The summed E-state index contributed by atoms with van der Waals surface area (Å²) in [6.07, 6.45) is 1.81. The highest BCUT2D eigenvalue weighted by Crippen LogP contribution is 2.19. The Labute approximate surface area is 131 Å². The molecule has 1 fully saturated rings. The van der Waals surface area contributed by atoms with Crippen molar-refractivity contribution in [2.24, 2.45) is 0 Å². The van der Waals surface area contributed by atoms with E-state index in [1.807, 2.05) is 6.92 Å². The zero-order chi connectivity index (χ0) is 16.0. The van der Waals surface area contributed by atoms with Crippen molar-refractivity contribution in [3.63, 3.8) is 0 Å². The van der Waals surface area contributed by atoms with Crippen LogP contribution in [0.25, 0.3) is 0 Å². The van der Waals surface area contributed by atoms with Gasteiger partial charge in [-0.05, 0) is 44.0 Å². The molecule has 1 aliphatic heterocycles. The Hall–Kier alpha value is -1.15. The maximum Gasteiger partial charge on any atom is 0.240 e. The predicted octanol–water partition coefficient (Wildman–Crippen LogP) is 1.56. The van der Waals surface area contributed by atoms with Gasteiger partial charge < -0.3 is 14.2 Å². The summed E-state index contributed by atoms with van der Waals surface area (Å²) in [6.45, 7) is 3.44. The maximum absolute atomic E-state index is 12.3. The van der Waals surface area contributed by atoms with Crippen LogP contribution in [0.3, 0.4) is 0 Å². The van der Waals surface area contributed by atoms with E-state index in [2.05, 4.69) is 4.72 Å². The molecule has 0 amide bonds. The topological polar surface area (TPSA) is 73.9 Å². The lowest BCUT2D eigenvalue weighted by Gasteiger charge is -2.20. The van der Waals surface area contributed by atoms with Crippen molar-refractivity contribution in [3.8, 4) is 5.75 Å². The van der Waals surface area contributed by atoms with Crippen molar-refractivity contribution < 1.29 is 22.6 Å². The van der Waals surface area contributed by atoms with Crippen molar-refractivity contribution in [2.75, 3.05) is 26.9 Å². The number of methoxy groups -OCH3 is 1. The van der Waals surface area contributed by atoms with Crippen LogP contribution < -0.4 is 9.46 Å². The van der Waals surface area contributed by atoms with E-state index in [0.29, 0.717) is 25.6 Å². The van der Waals surface area contributed by atoms with Crippen LogP contribution in [-0.4, -0.2) is 47.5 Å². The largest absolute Gasteiger partial charge is 0.491 e. The molecule has 1 heterocycles. The summed E-state index contributed by atoms with van der Waals surface area (Å²) >= 11 is 0. The van der Waals surface area contributed by atoms with E-state index >= 15 is 0 Å². The van der Waals surface area contributed by atoms with Crippen molar-refractivity contribution in [1.29, 1.82) is 0 Å². The van der Waals surface area contributed by atoms with Crippen molar-refractivity contribution >= 4 is 10.0 Å².